The fourth-order valence-electron chi connectivity index (χ4n) is 1.35. The maximum atomic E-state index is 13.7. The summed E-state index contributed by atoms with van der Waals surface area (Å²) in [4.78, 5) is -0.793. The first-order valence-electron chi connectivity index (χ1n) is 5.66. The molecule has 1 atom stereocenters. The first kappa shape index (κ1) is 18.7. The molecule has 4 nitrogen and oxygen atoms in total. The van der Waals surface area contributed by atoms with Crippen LogP contribution in [0.2, 0.25) is 0 Å². The van der Waals surface area contributed by atoms with E-state index in [1.807, 2.05) is 0 Å². The van der Waals surface area contributed by atoms with E-state index in [4.69, 9.17) is 0 Å². The molecule has 1 unspecified atom stereocenters. The van der Waals surface area contributed by atoms with E-state index in [0.29, 0.717) is 5.56 Å². The van der Waals surface area contributed by atoms with Crippen molar-refractivity contribution >= 4 is 10.0 Å². The predicted octanol–water partition coefficient (Wildman–Crippen LogP) is 2.74. The third kappa shape index (κ3) is 2.92. The van der Waals surface area contributed by atoms with E-state index in [2.05, 4.69) is 5.84 Å². The van der Waals surface area contributed by atoms with Crippen molar-refractivity contribution in [1.29, 1.82) is 0 Å². The minimum absolute atomic E-state index is 0.489. The third-order valence-corrected chi connectivity index (χ3v) is 4.57. The number of aryl methyl sites for hydroxylation is 1. The second-order valence-electron chi connectivity index (χ2n) is 4.66. The Hall–Kier alpha value is -1.33. The van der Waals surface area contributed by atoms with Crippen molar-refractivity contribution in [2.75, 3.05) is 0 Å². The minimum atomic E-state index is -6.03. The molecule has 0 saturated carbocycles. The maximum Gasteiger partial charge on any atom is 0.429 e. The fourth-order valence-corrected chi connectivity index (χ4v) is 2.53. The summed E-state index contributed by atoms with van der Waals surface area (Å²) in [6.45, 7) is 1.07. The monoisotopic (exact) mass is 350 g/mol. The average Bonchev–Trinajstić information content (AvgIpc) is 2.36. The van der Waals surface area contributed by atoms with Crippen molar-refractivity contribution < 1.29 is 34.8 Å². The van der Waals surface area contributed by atoms with Crippen LogP contribution in [0.3, 0.4) is 0 Å². The van der Waals surface area contributed by atoms with Crippen molar-refractivity contribution in [3.8, 4) is 0 Å². The lowest BCUT2D eigenvalue weighted by Gasteiger charge is -2.36. The molecule has 0 aliphatic carbocycles. The van der Waals surface area contributed by atoms with Crippen molar-refractivity contribution in [3.63, 3.8) is 0 Å². The van der Waals surface area contributed by atoms with Gasteiger partial charge in [-0.1, -0.05) is 22.1 Å². The molecule has 126 valence electrons. The van der Waals surface area contributed by atoms with Crippen molar-refractivity contribution in [3.05, 3.63) is 29.8 Å². The number of hydrogen-bond acceptors (Lipinski definition) is 3. The van der Waals surface area contributed by atoms with Crippen molar-refractivity contribution in [2.24, 2.45) is 5.84 Å². The average molecular weight is 350 g/mol. The van der Waals surface area contributed by atoms with E-state index in [1.54, 1.807) is 6.92 Å². The molecule has 0 bridgehead atoms. The Bertz CT molecular complexity index is 640. The Morgan fingerprint density at radius 1 is 1.00 bits per heavy atom. The van der Waals surface area contributed by atoms with E-state index in [1.165, 1.54) is 12.1 Å². The van der Waals surface area contributed by atoms with Gasteiger partial charge in [0.25, 0.3) is 15.7 Å². The van der Waals surface area contributed by atoms with Gasteiger partial charge in [-0.15, -0.1) is 0 Å². The Kier molecular flexibility index (Phi) is 4.58. The van der Waals surface area contributed by atoms with Gasteiger partial charge in [0.05, 0.1) is 4.90 Å². The Balaban J connectivity index is 3.34. The number of benzene rings is 1. The number of nitrogens with zero attached hydrogens (tertiary/aromatic N) is 1. The molecular formula is C11H12F6N2O2S. The van der Waals surface area contributed by atoms with Crippen molar-refractivity contribution in [2.45, 2.75) is 36.6 Å². The second kappa shape index (κ2) is 5.39. The molecule has 0 aliphatic rings. The zero-order valence-corrected chi connectivity index (χ0v) is 12.1. The standard InChI is InChI=1S/C11H12F6N2O2S/c1-7-3-5-8(6-4-7)22(20,21)19(18)11(16,17)9(2,12)10(13,14)15/h3-6H,18H2,1-2H3. The zero-order valence-electron chi connectivity index (χ0n) is 11.3. The van der Waals surface area contributed by atoms with Crippen LogP contribution in [0.5, 0.6) is 0 Å². The lowest BCUT2D eigenvalue weighted by atomic mass is 10.1. The van der Waals surface area contributed by atoms with E-state index in [9.17, 15) is 34.8 Å². The highest BCUT2D eigenvalue weighted by molar-refractivity contribution is 7.89. The molecular weight excluding hydrogens is 338 g/mol. The molecule has 0 radical (unpaired) electrons. The quantitative estimate of drug-likeness (QED) is 0.393. The molecule has 1 aromatic rings. The minimum Gasteiger partial charge on any atom is -0.249 e. The van der Waals surface area contributed by atoms with Gasteiger partial charge in [-0.3, -0.25) is 0 Å². The number of hydrazine groups is 1. The van der Waals surface area contributed by atoms with E-state index in [-0.39, 0.29) is 0 Å². The van der Waals surface area contributed by atoms with Gasteiger partial charge in [0.15, 0.2) is 0 Å². The summed E-state index contributed by atoms with van der Waals surface area (Å²) in [5, 5.41) is 0. The maximum absolute atomic E-state index is 13.7. The number of rotatable bonds is 4. The van der Waals surface area contributed by atoms with Gasteiger partial charge in [-0.2, -0.15) is 22.0 Å². The fraction of sp³-hybridized carbons (Fsp3) is 0.455. The number of nitrogens with two attached hydrogens (primary N) is 1. The van der Waals surface area contributed by atoms with Gasteiger partial charge in [-0.05, 0) is 26.0 Å². The topological polar surface area (TPSA) is 63.4 Å². The van der Waals surface area contributed by atoms with Crippen LogP contribution in [0, 0.1) is 6.92 Å². The van der Waals surface area contributed by atoms with Gasteiger partial charge in [0, 0.05) is 0 Å². The van der Waals surface area contributed by atoms with E-state index >= 15 is 0 Å². The number of halogens is 6. The Morgan fingerprint density at radius 3 is 1.77 bits per heavy atom. The molecule has 0 aromatic heterocycles. The van der Waals surface area contributed by atoms with Crippen LogP contribution >= 0.6 is 0 Å². The molecule has 0 heterocycles. The summed E-state index contributed by atoms with van der Waals surface area (Å²) >= 11 is 0. The summed E-state index contributed by atoms with van der Waals surface area (Å²) in [6, 6.07) is -1.38. The second-order valence-corrected chi connectivity index (χ2v) is 6.47. The number of sulfonamides is 1. The molecule has 22 heavy (non-hydrogen) atoms. The van der Waals surface area contributed by atoms with Gasteiger partial charge >= 0.3 is 12.2 Å². The molecule has 0 aliphatic heterocycles. The van der Waals surface area contributed by atoms with E-state index in [0.717, 1.165) is 12.1 Å². The van der Waals surface area contributed by atoms with Gasteiger partial charge < -0.3 is 0 Å². The SMILES string of the molecule is Cc1ccc(S(=O)(=O)N(N)C(F)(F)C(C)(F)C(F)(F)F)cc1. The molecule has 0 amide bonds. The Morgan fingerprint density at radius 2 is 1.41 bits per heavy atom. The lowest BCUT2D eigenvalue weighted by molar-refractivity contribution is -0.322. The van der Waals surface area contributed by atoms with Gasteiger partial charge in [0.2, 0.25) is 0 Å². The van der Waals surface area contributed by atoms with Crippen LogP contribution < -0.4 is 5.84 Å². The first-order chi connectivity index (χ1) is 9.65. The summed E-state index contributed by atoms with van der Waals surface area (Å²) < 4.78 is 100. The van der Waals surface area contributed by atoms with Crippen LogP contribution in [0.15, 0.2) is 29.2 Å². The molecule has 0 spiro atoms. The highest BCUT2D eigenvalue weighted by Gasteiger charge is 2.72. The largest absolute Gasteiger partial charge is 0.429 e. The molecule has 11 heteroatoms. The Labute approximate surface area is 122 Å². The lowest BCUT2D eigenvalue weighted by Crippen LogP contribution is -2.65. The van der Waals surface area contributed by atoms with Crippen molar-refractivity contribution in [1.82, 2.24) is 4.41 Å². The van der Waals surface area contributed by atoms with E-state index < -0.39 is 44.1 Å². The summed E-state index contributed by atoms with van der Waals surface area (Å²) in [5.41, 5.74) is -4.60. The summed E-state index contributed by atoms with van der Waals surface area (Å²) in [6.07, 6.45) is -6.03. The van der Waals surface area contributed by atoms with Crippen LogP contribution in [-0.4, -0.2) is 30.7 Å². The van der Waals surface area contributed by atoms with Gasteiger partial charge in [-0.25, -0.2) is 18.7 Å². The van der Waals surface area contributed by atoms with Crippen LogP contribution in [0.25, 0.3) is 0 Å². The van der Waals surface area contributed by atoms with Crippen LogP contribution in [0.1, 0.15) is 12.5 Å². The molecule has 0 saturated heterocycles. The third-order valence-electron chi connectivity index (χ3n) is 2.95. The van der Waals surface area contributed by atoms with Crippen LogP contribution in [-0.2, 0) is 10.0 Å². The molecule has 2 N–H and O–H groups in total. The zero-order chi connectivity index (χ0) is 17.6. The predicted molar refractivity (Wildman–Crippen MR) is 64.9 cm³/mol. The summed E-state index contributed by atoms with van der Waals surface area (Å²) in [7, 11) is -5.24. The highest BCUT2D eigenvalue weighted by Crippen LogP contribution is 2.46. The van der Waals surface area contributed by atoms with Crippen LogP contribution in [0.4, 0.5) is 26.3 Å². The normalized spacial score (nSPS) is 16.6. The number of alkyl halides is 6. The molecule has 1 aromatic carbocycles. The number of hydrogen-bond donors (Lipinski definition) is 1. The highest BCUT2D eigenvalue weighted by atomic mass is 32.2. The molecule has 1 rings (SSSR count). The first-order valence-corrected chi connectivity index (χ1v) is 7.10. The summed E-state index contributed by atoms with van der Waals surface area (Å²) in [5.74, 6) is 4.64. The molecule has 0 fully saturated rings. The smallest absolute Gasteiger partial charge is 0.249 e. The van der Waals surface area contributed by atoms with Gasteiger partial charge in [0.1, 0.15) is 0 Å².